The van der Waals surface area contributed by atoms with Gasteiger partial charge in [0, 0.05) is 26.2 Å². The lowest BCUT2D eigenvalue weighted by atomic mass is 10.2. The first kappa shape index (κ1) is 20.9. The van der Waals surface area contributed by atoms with Gasteiger partial charge in [-0.2, -0.15) is 4.31 Å². The van der Waals surface area contributed by atoms with Crippen LogP contribution in [0, 0.1) is 6.92 Å². The molecule has 1 heterocycles. The summed E-state index contributed by atoms with van der Waals surface area (Å²) in [6.07, 6.45) is 0. The molecule has 0 aliphatic carbocycles. The van der Waals surface area contributed by atoms with Crippen LogP contribution < -0.4 is 4.74 Å². The van der Waals surface area contributed by atoms with Crippen molar-refractivity contribution in [3.63, 3.8) is 0 Å². The number of hydrogen-bond acceptors (Lipinski definition) is 4. The average molecular weight is 443 g/mol. The van der Waals surface area contributed by atoms with Crippen LogP contribution in [0.1, 0.15) is 5.56 Å². The first-order chi connectivity index (χ1) is 13.3. The van der Waals surface area contributed by atoms with Crippen LogP contribution in [-0.2, 0) is 14.8 Å². The molecule has 2 aromatic carbocycles. The number of benzene rings is 2. The van der Waals surface area contributed by atoms with E-state index >= 15 is 0 Å². The molecule has 1 aliphatic heterocycles. The van der Waals surface area contributed by atoms with E-state index in [2.05, 4.69) is 0 Å². The molecular formula is C19H20Cl2N2O4S. The minimum Gasteiger partial charge on any atom is -0.484 e. The number of carbonyl (C=O) groups excluding carboxylic acids is 1. The smallest absolute Gasteiger partial charge is 0.260 e. The van der Waals surface area contributed by atoms with Crippen LogP contribution in [-0.4, -0.2) is 56.3 Å². The highest BCUT2D eigenvalue weighted by Gasteiger charge is 2.32. The molecule has 0 atom stereocenters. The Balaban J connectivity index is 1.60. The van der Waals surface area contributed by atoms with Crippen LogP contribution in [0.25, 0.3) is 0 Å². The molecule has 1 fully saturated rings. The van der Waals surface area contributed by atoms with Crippen LogP contribution in [0.4, 0.5) is 0 Å². The van der Waals surface area contributed by atoms with Gasteiger partial charge in [-0.05, 0) is 30.7 Å². The van der Waals surface area contributed by atoms with E-state index in [1.54, 1.807) is 11.0 Å². The van der Waals surface area contributed by atoms with Crippen molar-refractivity contribution >= 4 is 39.1 Å². The number of rotatable bonds is 5. The Morgan fingerprint density at radius 1 is 1.04 bits per heavy atom. The van der Waals surface area contributed by atoms with Gasteiger partial charge in [0.25, 0.3) is 5.91 Å². The lowest BCUT2D eigenvalue weighted by molar-refractivity contribution is -0.134. The molecule has 0 spiro atoms. The molecule has 3 rings (SSSR count). The zero-order chi connectivity index (χ0) is 20.3. The lowest BCUT2D eigenvalue weighted by Gasteiger charge is -2.34. The van der Waals surface area contributed by atoms with Gasteiger partial charge in [0.2, 0.25) is 10.0 Å². The van der Waals surface area contributed by atoms with E-state index in [9.17, 15) is 13.2 Å². The van der Waals surface area contributed by atoms with Crippen molar-refractivity contribution in [2.45, 2.75) is 11.8 Å². The maximum atomic E-state index is 12.8. The van der Waals surface area contributed by atoms with Crippen molar-refractivity contribution in [1.29, 1.82) is 0 Å². The summed E-state index contributed by atoms with van der Waals surface area (Å²) in [5.41, 5.74) is 0.949. The maximum Gasteiger partial charge on any atom is 0.260 e. The van der Waals surface area contributed by atoms with E-state index in [4.69, 9.17) is 27.9 Å². The second-order valence-electron chi connectivity index (χ2n) is 6.39. The second kappa shape index (κ2) is 8.69. The third-order valence-corrected chi connectivity index (χ3v) is 7.44. The molecule has 2 aromatic rings. The fourth-order valence-corrected chi connectivity index (χ4v) is 5.11. The number of amides is 1. The van der Waals surface area contributed by atoms with Crippen molar-refractivity contribution in [3.8, 4) is 5.75 Å². The summed E-state index contributed by atoms with van der Waals surface area (Å²) in [6, 6.07) is 12.0. The molecule has 0 N–H and O–H groups in total. The summed E-state index contributed by atoms with van der Waals surface area (Å²) in [4.78, 5) is 14.0. The van der Waals surface area contributed by atoms with Gasteiger partial charge in [-0.1, -0.05) is 47.5 Å². The largest absolute Gasteiger partial charge is 0.484 e. The van der Waals surface area contributed by atoms with E-state index < -0.39 is 10.0 Å². The maximum absolute atomic E-state index is 12.8. The molecule has 0 saturated carbocycles. The van der Waals surface area contributed by atoms with Gasteiger partial charge >= 0.3 is 0 Å². The number of nitrogens with zero attached hydrogens (tertiary/aromatic N) is 2. The van der Waals surface area contributed by atoms with E-state index in [1.807, 2.05) is 31.2 Å². The first-order valence-electron chi connectivity index (χ1n) is 8.71. The summed E-state index contributed by atoms with van der Waals surface area (Å²) < 4.78 is 32.6. The SMILES string of the molecule is Cc1ccccc1OCC(=O)N1CCN(S(=O)(=O)c2cccc(Cl)c2Cl)CC1. The van der Waals surface area contributed by atoms with E-state index in [0.717, 1.165) is 5.56 Å². The van der Waals surface area contributed by atoms with Crippen molar-refractivity contribution in [2.75, 3.05) is 32.8 Å². The van der Waals surface area contributed by atoms with E-state index in [1.165, 1.54) is 16.4 Å². The molecule has 0 aromatic heterocycles. The van der Waals surface area contributed by atoms with E-state index in [0.29, 0.717) is 5.75 Å². The van der Waals surface area contributed by atoms with Gasteiger partial charge in [-0.3, -0.25) is 4.79 Å². The monoisotopic (exact) mass is 442 g/mol. The van der Waals surface area contributed by atoms with Gasteiger partial charge in [-0.15, -0.1) is 0 Å². The van der Waals surface area contributed by atoms with Crippen LogP contribution in [0.15, 0.2) is 47.4 Å². The molecule has 6 nitrogen and oxygen atoms in total. The molecular weight excluding hydrogens is 423 g/mol. The highest BCUT2D eigenvalue weighted by atomic mass is 35.5. The number of piperazine rings is 1. The van der Waals surface area contributed by atoms with Crippen molar-refractivity contribution in [2.24, 2.45) is 0 Å². The molecule has 0 bridgehead atoms. The van der Waals surface area contributed by atoms with Crippen LogP contribution in [0.3, 0.4) is 0 Å². The summed E-state index contributed by atoms with van der Waals surface area (Å²) >= 11 is 12.0. The van der Waals surface area contributed by atoms with Crippen LogP contribution in [0.2, 0.25) is 10.0 Å². The molecule has 9 heteroatoms. The molecule has 1 amide bonds. The molecule has 28 heavy (non-hydrogen) atoms. The number of halogens is 2. The Bertz CT molecular complexity index is 974. The normalized spacial score (nSPS) is 15.5. The van der Waals surface area contributed by atoms with Crippen molar-refractivity contribution in [3.05, 3.63) is 58.1 Å². The highest BCUT2D eigenvalue weighted by Crippen LogP contribution is 2.31. The van der Waals surface area contributed by atoms with Crippen molar-refractivity contribution < 1.29 is 17.9 Å². The standard InChI is InChI=1S/C19H20Cl2N2O4S/c1-14-5-2-3-7-16(14)27-13-18(24)22-9-11-23(12-10-22)28(25,26)17-8-4-6-15(20)19(17)21/h2-8H,9-13H2,1H3. The minimum absolute atomic E-state index is 0.00861. The predicted octanol–water partition coefficient (Wildman–Crippen LogP) is 3.21. The molecule has 150 valence electrons. The van der Waals surface area contributed by atoms with Gasteiger partial charge in [-0.25, -0.2) is 8.42 Å². The third-order valence-electron chi connectivity index (χ3n) is 4.57. The highest BCUT2D eigenvalue weighted by molar-refractivity contribution is 7.89. The third kappa shape index (κ3) is 4.43. The molecule has 0 radical (unpaired) electrons. The molecule has 1 saturated heterocycles. The second-order valence-corrected chi connectivity index (χ2v) is 9.08. The lowest BCUT2D eigenvalue weighted by Crippen LogP contribution is -2.51. The first-order valence-corrected chi connectivity index (χ1v) is 10.9. The summed E-state index contributed by atoms with van der Waals surface area (Å²) in [5, 5.41) is 0.194. The summed E-state index contributed by atoms with van der Waals surface area (Å²) in [6.45, 7) is 2.76. The fourth-order valence-electron chi connectivity index (χ4n) is 2.95. The Kier molecular flexibility index (Phi) is 6.50. The predicted molar refractivity (Wildman–Crippen MR) is 108 cm³/mol. The van der Waals surface area contributed by atoms with Gasteiger partial charge in [0.15, 0.2) is 6.61 Å². The van der Waals surface area contributed by atoms with Gasteiger partial charge in [0.1, 0.15) is 10.6 Å². The Morgan fingerprint density at radius 2 is 1.71 bits per heavy atom. The zero-order valence-corrected chi connectivity index (χ0v) is 17.6. The zero-order valence-electron chi connectivity index (χ0n) is 15.3. The number of carbonyl (C=O) groups is 1. The number of para-hydroxylation sites is 1. The number of ether oxygens (including phenoxy) is 1. The van der Waals surface area contributed by atoms with Crippen LogP contribution in [0.5, 0.6) is 5.75 Å². The quantitative estimate of drug-likeness (QED) is 0.712. The fraction of sp³-hybridized carbons (Fsp3) is 0.316. The Labute approximate surface area is 174 Å². The number of aryl methyl sites for hydroxylation is 1. The summed E-state index contributed by atoms with van der Waals surface area (Å²) in [5.74, 6) is 0.480. The topological polar surface area (TPSA) is 66.9 Å². The van der Waals surface area contributed by atoms with Gasteiger partial charge in [0.05, 0.1) is 10.0 Å². The Morgan fingerprint density at radius 3 is 2.39 bits per heavy atom. The van der Waals surface area contributed by atoms with Crippen LogP contribution >= 0.6 is 23.2 Å². The molecule has 1 aliphatic rings. The number of hydrogen-bond donors (Lipinski definition) is 0. The van der Waals surface area contributed by atoms with E-state index in [-0.39, 0.29) is 53.6 Å². The Hall–Kier alpha value is -1.80. The minimum atomic E-state index is -3.78. The number of sulfonamides is 1. The average Bonchev–Trinajstić information content (AvgIpc) is 2.69. The van der Waals surface area contributed by atoms with Gasteiger partial charge < -0.3 is 9.64 Å². The summed E-state index contributed by atoms with van der Waals surface area (Å²) in [7, 11) is -3.78. The molecule has 0 unspecified atom stereocenters. The van der Waals surface area contributed by atoms with Crippen molar-refractivity contribution in [1.82, 2.24) is 9.21 Å².